The summed E-state index contributed by atoms with van der Waals surface area (Å²) in [6.45, 7) is 3.14. The van der Waals surface area contributed by atoms with Crippen molar-refractivity contribution >= 4 is 12.4 Å². The predicted molar refractivity (Wildman–Crippen MR) is 56.7 cm³/mol. The molecule has 0 aromatic rings. The number of hydrogen-bond donors (Lipinski definition) is 1. The molecule has 1 atom stereocenters. The zero-order valence-electron chi connectivity index (χ0n) is 9.22. The van der Waals surface area contributed by atoms with Crippen molar-refractivity contribution < 1.29 is 14.3 Å². The molecule has 2 rings (SSSR count). The fraction of sp³-hybridized carbons (Fsp3) is 0.800. The number of piperazine rings is 1. The van der Waals surface area contributed by atoms with Crippen LogP contribution >= 0.6 is 0 Å². The van der Waals surface area contributed by atoms with Crippen LogP contribution in [0.15, 0.2) is 0 Å². The molecule has 0 aliphatic carbocycles. The molecule has 0 bridgehead atoms. The van der Waals surface area contributed by atoms with Gasteiger partial charge in [0.05, 0.1) is 0 Å². The van der Waals surface area contributed by atoms with Crippen LogP contribution in [0.5, 0.6) is 0 Å². The lowest BCUT2D eigenvalue weighted by atomic mass is 10.3. The first-order valence-corrected chi connectivity index (χ1v) is 5.66. The number of ether oxygens (including phenoxy) is 1. The highest BCUT2D eigenvalue weighted by Gasteiger charge is 2.24. The van der Waals surface area contributed by atoms with Gasteiger partial charge in [-0.15, -0.1) is 0 Å². The quantitative estimate of drug-likeness (QED) is 0.653. The van der Waals surface area contributed by atoms with Gasteiger partial charge in [0.15, 0.2) is 0 Å². The van der Waals surface area contributed by atoms with Gasteiger partial charge in [0.1, 0.15) is 6.23 Å². The fourth-order valence-corrected chi connectivity index (χ4v) is 1.95. The van der Waals surface area contributed by atoms with E-state index in [1.165, 1.54) is 0 Å². The van der Waals surface area contributed by atoms with E-state index in [-0.39, 0.29) is 12.3 Å². The summed E-state index contributed by atoms with van der Waals surface area (Å²) in [5, 5.41) is 2.84. The van der Waals surface area contributed by atoms with Gasteiger partial charge in [0, 0.05) is 32.8 Å². The summed E-state index contributed by atoms with van der Waals surface area (Å²) in [5.41, 5.74) is 0. The summed E-state index contributed by atoms with van der Waals surface area (Å²) < 4.78 is 5.33. The van der Waals surface area contributed by atoms with Crippen LogP contribution < -0.4 is 5.32 Å². The summed E-state index contributed by atoms with van der Waals surface area (Å²) in [5.74, 6) is 0. The van der Waals surface area contributed by atoms with E-state index in [1.54, 1.807) is 9.80 Å². The molecule has 90 valence electrons. The minimum Gasteiger partial charge on any atom is -0.358 e. The number of nitrogens with zero attached hydrogens (tertiary/aromatic N) is 2. The molecular weight excluding hydrogens is 210 g/mol. The Morgan fingerprint density at radius 3 is 2.62 bits per heavy atom. The Bertz CT molecular complexity index is 258. The maximum absolute atomic E-state index is 11.8. The predicted octanol–water partition coefficient (Wildman–Crippen LogP) is -0.393. The highest BCUT2D eigenvalue weighted by molar-refractivity contribution is 5.74. The van der Waals surface area contributed by atoms with Crippen LogP contribution in [0.2, 0.25) is 0 Å². The maximum Gasteiger partial charge on any atom is 0.319 e. The van der Waals surface area contributed by atoms with Crippen LogP contribution in [0.4, 0.5) is 4.79 Å². The van der Waals surface area contributed by atoms with Crippen molar-refractivity contribution in [2.75, 3.05) is 32.8 Å². The van der Waals surface area contributed by atoms with Gasteiger partial charge < -0.3 is 19.9 Å². The molecule has 0 aromatic heterocycles. The van der Waals surface area contributed by atoms with Gasteiger partial charge in [-0.25, -0.2) is 4.79 Å². The Labute approximate surface area is 94.5 Å². The Balaban J connectivity index is 1.75. The summed E-state index contributed by atoms with van der Waals surface area (Å²) in [4.78, 5) is 25.7. The zero-order chi connectivity index (χ0) is 11.4. The largest absolute Gasteiger partial charge is 0.358 e. The molecule has 1 unspecified atom stereocenters. The molecule has 2 heterocycles. The monoisotopic (exact) mass is 227 g/mol. The van der Waals surface area contributed by atoms with Crippen LogP contribution in [0.1, 0.15) is 12.8 Å². The van der Waals surface area contributed by atoms with E-state index < -0.39 is 0 Å². The van der Waals surface area contributed by atoms with E-state index in [0.717, 1.165) is 25.9 Å². The molecule has 2 aliphatic heterocycles. The van der Waals surface area contributed by atoms with Crippen molar-refractivity contribution in [3.05, 3.63) is 0 Å². The molecule has 1 N–H and O–H groups in total. The van der Waals surface area contributed by atoms with Gasteiger partial charge in [0.2, 0.25) is 6.41 Å². The van der Waals surface area contributed by atoms with Gasteiger partial charge >= 0.3 is 6.03 Å². The maximum atomic E-state index is 11.8. The first kappa shape index (κ1) is 11.2. The zero-order valence-corrected chi connectivity index (χ0v) is 9.22. The SMILES string of the molecule is O=CN1CCN(C(=O)NC2CCCO2)CC1. The molecule has 2 fully saturated rings. The Hall–Kier alpha value is -1.30. The minimum absolute atomic E-state index is 0.0857. The standard InChI is InChI=1S/C10H17N3O3/c14-8-12-3-5-13(6-4-12)10(15)11-9-2-1-7-16-9/h8-9H,1-7H2,(H,11,15). The number of nitrogens with one attached hydrogen (secondary N) is 1. The lowest BCUT2D eigenvalue weighted by molar-refractivity contribution is -0.119. The molecule has 16 heavy (non-hydrogen) atoms. The number of carbonyl (C=O) groups is 2. The third-order valence-electron chi connectivity index (χ3n) is 2.96. The second-order valence-electron chi connectivity index (χ2n) is 4.08. The van der Waals surface area contributed by atoms with Crippen LogP contribution in [-0.2, 0) is 9.53 Å². The van der Waals surface area contributed by atoms with E-state index in [2.05, 4.69) is 5.32 Å². The molecule has 3 amide bonds. The van der Waals surface area contributed by atoms with E-state index in [0.29, 0.717) is 26.2 Å². The van der Waals surface area contributed by atoms with E-state index >= 15 is 0 Å². The van der Waals surface area contributed by atoms with E-state index in [9.17, 15) is 9.59 Å². The molecular formula is C10H17N3O3. The van der Waals surface area contributed by atoms with Crippen LogP contribution in [0.25, 0.3) is 0 Å². The third-order valence-corrected chi connectivity index (χ3v) is 2.96. The minimum atomic E-state index is -0.128. The van der Waals surface area contributed by atoms with Crippen molar-refractivity contribution in [1.29, 1.82) is 0 Å². The number of rotatable bonds is 2. The number of hydrogen-bond acceptors (Lipinski definition) is 3. The molecule has 2 aliphatic rings. The third kappa shape index (κ3) is 2.63. The van der Waals surface area contributed by atoms with Crippen molar-refractivity contribution in [1.82, 2.24) is 15.1 Å². The normalized spacial score (nSPS) is 25.6. The highest BCUT2D eigenvalue weighted by atomic mass is 16.5. The van der Waals surface area contributed by atoms with Crippen molar-refractivity contribution in [3.63, 3.8) is 0 Å². The van der Waals surface area contributed by atoms with Crippen molar-refractivity contribution in [2.24, 2.45) is 0 Å². The highest BCUT2D eigenvalue weighted by Crippen LogP contribution is 2.10. The van der Waals surface area contributed by atoms with Crippen LogP contribution in [0, 0.1) is 0 Å². The summed E-state index contributed by atoms with van der Waals surface area (Å²) >= 11 is 0. The second-order valence-corrected chi connectivity index (χ2v) is 4.08. The first-order chi connectivity index (χ1) is 7.79. The molecule has 2 saturated heterocycles. The molecule has 0 aromatic carbocycles. The molecule has 6 nitrogen and oxygen atoms in total. The van der Waals surface area contributed by atoms with Crippen LogP contribution in [0.3, 0.4) is 0 Å². The van der Waals surface area contributed by atoms with E-state index in [4.69, 9.17) is 4.74 Å². The lowest BCUT2D eigenvalue weighted by Crippen LogP contribution is -2.53. The molecule has 0 saturated carbocycles. The van der Waals surface area contributed by atoms with Gasteiger partial charge in [-0.3, -0.25) is 4.79 Å². The molecule has 0 radical (unpaired) electrons. The van der Waals surface area contributed by atoms with Crippen molar-refractivity contribution in [3.8, 4) is 0 Å². The number of carbonyl (C=O) groups excluding carboxylic acids is 2. The Morgan fingerprint density at radius 2 is 2.06 bits per heavy atom. The van der Waals surface area contributed by atoms with Gasteiger partial charge in [-0.1, -0.05) is 0 Å². The Morgan fingerprint density at radius 1 is 1.31 bits per heavy atom. The average molecular weight is 227 g/mol. The van der Waals surface area contributed by atoms with Gasteiger partial charge in [0.25, 0.3) is 0 Å². The first-order valence-electron chi connectivity index (χ1n) is 5.66. The second kappa shape index (κ2) is 5.16. The van der Waals surface area contributed by atoms with Crippen molar-refractivity contribution in [2.45, 2.75) is 19.1 Å². The fourth-order valence-electron chi connectivity index (χ4n) is 1.95. The topological polar surface area (TPSA) is 61.9 Å². The van der Waals surface area contributed by atoms with Crippen LogP contribution in [-0.4, -0.2) is 61.3 Å². The number of urea groups is 1. The summed E-state index contributed by atoms with van der Waals surface area (Å²) in [6, 6.07) is -0.0857. The number of amides is 3. The van der Waals surface area contributed by atoms with E-state index in [1.807, 2.05) is 0 Å². The molecule has 6 heteroatoms. The average Bonchev–Trinajstić information content (AvgIpc) is 2.82. The molecule has 0 spiro atoms. The smallest absolute Gasteiger partial charge is 0.319 e. The summed E-state index contributed by atoms with van der Waals surface area (Å²) in [7, 11) is 0. The lowest BCUT2D eigenvalue weighted by Gasteiger charge is -2.33. The summed E-state index contributed by atoms with van der Waals surface area (Å²) in [6.07, 6.45) is 2.59. The Kier molecular flexibility index (Phi) is 3.61. The van der Waals surface area contributed by atoms with Gasteiger partial charge in [-0.2, -0.15) is 0 Å². The van der Waals surface area contributed by atoms with Gasteiger partial charge in [-0.05, 0) is 12.8 Å².